The number of ether oxygens (including phenoxy) is 1. The van der Waals surface area contributed by atoms with Gasteiger partial charge in [0.25, 0.3) is 0 Å². The molecule has 3 heteroatoms. The third-order valence-electron chi connectivity index (χ3n) is 2.71. The second-order valence-electron chi connectivity index (χ2n) is 4.25. The number of benzene rings is 1. The Hall–Kier alpha value is -1.06. The molecular weight excluding hydrogens is 214 g/mol. The molecular formula is C14H23NO2. The zero-order chi connectivity index (χ0) is 12.7. The minimum absolute atomic E-state index is 0.171. The maximum absolute atomic E-state index is 8.77. The topological polar surface area (TPSA) is 41.5 Å². The number of hydrogen-bond donors (Lipinski definition) is 2. The molecule has 0 spiro atoms. The zero-order valence-electron chi connectivity index (χ0n) is 11.0. The molecule has 0 aliphatic rings. The Bertz CT molecular complexity index is 339. The van der Waals surface area contributed by atoms with Crippen molar-refractivity contribution in [1.82, 2.24) is 5.32 Å². The van der Waals surface area contributed by atoms with Crippen molar-refractivity contribution in [2.45, 2.75) is 33.2 Å². The second kappa shape index (κ2) is 7.30. The van der Waals surface area contributed by atoms with Gasteiger partial charge in [0.15, 0.2) is 0 Å². The Morgan fingerprint density at radius 3 is 2.82 bits per heavy atom. The number of rotatable bonds is 7. The Kier molecular flexibility index (Phi) is 6.01. The number of nitrogens with one attached hydrogen (secondary N) is 1. The third kappa shape index (κ3) is 4.36. The van der Waals surface area contributed by atoms with Gasteiger partial charge in [-0.25, -0.2) is 0 Å². The van der Waals surface area contributed by atoms with Gasteiger partial charge in [-0.05, 0) is 32.0 Å². The van der Waals surface area contributed by atoms with Gasteiger partial charge in [-0.15, -0.1) is 0 Å². The Labute approximate surface area is 104 Å². The lowest BCUT2D eigenvalue weighted by molar-refractivity contribution is 0.231. The highest BCUT2D eigenvalue weighted by Gasteiger charge is 2.10. The number of aryl methyl sites for hydroxylation is 1. The highest BCUT2D eigenvalue weighted by Crippen LogP contribution is 2.26. The van der Waals surface area contributed by atoms with Crippen LogP contribution in [0.2, 0.25) is 0 Å². The van der Waals surface area contributed by atoms with E-state index < -0.39 is 0 Å². The summed E-state index contributed by atoms with van der Waals surface area (Å²) < 4.78 is 5.73. The first kappa shape index (κ1) is 14.0. The first-order valence-corrected chi connectivity index (χ1v) is 6.26. The molecule has 0 aromatic heterocycles. The van der Waals surface area contributed by atoms with Gasteiger partial charge < -0.3 is 15.2 Å². The lowest BCUT2D eigenvalue weighted by Gasteiger charge is -2.18. The van der Waals surface area contributed by atoms with Crippen molar-refractivity contribution in [1.29, 1.82) is 0 Å². The van der Waals surface area contributed by atoms with Gasteiger partial charge in [-0.3, -0.25) is 0 Å². The van der Waals surface area contributed by atoms with E-state index in [1.807, 2.05) is 0 Å². The molecule has 0 bridgehead atoms. The molecule has 0 heterocycles. The number of aliphatic hydroxyl groups excluding tert-OH is 1. The predicted octanol–water partition coefficient (Wildman–Crippen LogP) is 2.43. The van der Waals surface area contributed by atoms with Crippen LogP contribution in [-0.4, -0.2) is 24.9 Å². The van der Waals surface area contributed by atoms with Crippen molar-refractivity contribution < 1.29 is 9.84 Å². The van der Waals surface area contributed by atoms with Gasteiger partial charge in [0, 0.05) is 24.6 Å². The van der Waals surface area contributed by atoms with E-state index in [0.717, 1.165) is 12.3 Å². The fraction of sp³-hybridized carbons (Fsp3) is 0.571. The molecule has 0 amide bonds. The third-order valence-corrected chi connectivity index (χ3v) is 2.71. The standard InChI is InChI=1S/C14H23NO2/c1-4-15-12(3)13-7-6-11(2)10-14(13)17-9-5-8-16/h6-7,10,12,15-16H,4-5,8-9H2,1-3H3. The van der Waals surface area contributed by atoms with E-state index in [9.17, 15) is 0 Å². The van der Waals surface area contributed by atoms with Gasteiger partial charge in [0.2, 0.25) is 0 Å². The van der Waals surface area contributed by atoms with Gasteiger partial charge in [-0.1, -0.05) is 19.1 Å². The van der Waals surface area contributed by atoms with Crippen molar-refractivity contribution in [3.63, 3.8) is 0 Å². The normalized spacial score (nSPS) is 12.5. The monoisotopic (exact) mass is 237 g/mol. The Morgan fingerprint density at radius 2 is 2.18 bits per heavy atom. The van der Waals surface area contributed by atoms with Crippen LogP contribution in [0, 0.1) is 6.92 Å². The first-order chi connectivity index (χ1) is 8.19. The molecule has 96 valence electrons. The summed E-state index contributed by atoms with van der Waals surface area (Å²) in [6.07, 6.45) is 0.670. The van der Waals surface area contributed by atoms with E-state index in [1.54, 1.807) is 0 Å². The molecule has 17 heavy (non-hydrogen) atoms. The van der Waals surface area contributed by atoms with Crippen molar-refractivity contribution in [2.75, 3.05) is 19.8 Å². The smallest absolute Gasteiger partial charge is 0.124 e. The van der Waals surface area contributed by atoms with E-state index >= 15 is 0 Å². The average molecular weight is 237 g/mol. The van der Waals surface area contributed by atoms with Crippen LogP contribution >= 0.6 is 0 Å². The molecule has 0 saturated heterocycles. The molecule has 1 rings (SSSR count). The summed E-state index contributed by atoms with van der Waals surface area (Å²) in [5.74, 6) is 0.923. The fourth-order valence-corrected chi connectivity index (χ4v) is 1.79. The van der Waals surface area contributed by atoms with Gasteiger partial charge >= 0.3 is 0 Å². The maximum atomic E-state index is 8.77. The maximum Gasteiger partial charge on any atom is 0.124 e. The van der Waals surface area contributed by atoms with Crippen LogP contribution in [0.5, 0.6) is 5.75 Å². The summed E-state index contributed by atoms with van der Waals surface area (Å²) in [4.78, 5) is 0. The molecule has 0 aliphatic carbocycles. The molecule has 0 saturated carbocycles. The van der Waals surface area contributed by atoms with Crippen LogP contribution in [0.25, 0.3) is 0 Å². The molecule has 1 aromatic rings. The molecule has 0 fully saturated rings. The second-order valence-corrected chi connectivity index (χ2v) is 4.25. The van der Waals surface area contributed by atoms with Crippen LogP contribution in [0.3, 0.4) is 0 Å². The molecule has 1 atom stereocenters. The first-order valence-electron chi connectivity index (χ1n) is 6.26. The van der Waals surface area contributed by atoms with E-state index in [1.165, 1.54) is 11.1 Å². The zero-order valence-corrected chi connectivity index (χ0v) is 11.0. The minimum atomic E-state index is 0.171. The molecule has 3 nitrogen and oxygen atoms in total. The van der Waals surface area contributed by atoms with Crippen LogP contribution in [0.4, 0.5) is 0 Å². The van der Waals surface area contributed by atoms with Crippen LogP contribution in [0.15, 0.2) is 18.2 Å². The van der Waals surface area contributed by atoms with Gasteiger partial charge in [-0.2, -0.15) is 0 Å². The predicted molar refractivity (Wildman–Crippen MR) is 70.5 cm³/mol. The summed E-state index contributed by atoms with van der Waals surface area (Å²) in [6.45, 7) is 7.95. The summed E-state index contributed by atoms with van der Waals surface area (Å²) in [5, 5.41) is 12.2. The Balaban J connectivity index is 2.79. The Morgan fingerprint density at radius 1 is 1.41 bits per heavy atom. The van der Waals surface area contributed by atoms with E-state index in [0.29, 0.717) is 13.0 Å². The SMILES string of the molecule is CCNC(C)c1ccc(C)cc1OCCCO. The number of hydrogen-bond acceptors (Lipinski definition) is 3. The quantitative estimate of drug-likeness (QED) is 0.716. The molecule has 1 aromatic carbocycles. The van der Waals surface area contributed by atoms with E-state index in [-0.39, 0.29) is 12.6 Å². The van der Waals surface area contributed by atoms with Crippen LogP contribution < -0.4 is 10.1 Å². The summed E-state index contributed by atoms with van der Waals surface area (Å²) in [7, 11) is 0. The molecule has 0 radical (unpaired) electrons. The minimum Gasteiger partial charge on any atom is -0.493 e. The molecule has 0 aliphatic heterocycles. The van der Waals surface area contributed by atoms with Crippen molar-refractivity contribution >= 4 is 0 Å². The lowest BCUT2D eigenvalue weighted by atomic mass is 10.0. The summed E-state index contributed by atoms with van der Waals surface area (Å²) in [5.41, 5.74) is 2.37. The highest BCUT2D eigenvalue weighted by molar-refractivity contribution is 5.39. The number of aliphatic hydroxyl groups is 1. The average Bonchev–Trinajstić information content (AvgIpc) is 2.30. The van der Waals surface area contributed by atoms with Crippen LogP contribution in [0.1, 0.15) is 37.4 Å². The van der Waals surface area contributed by atoms with Crippen molar-refractivity contribution in [3.8, 4) is 5.75 Å². The van der Waals surface area contributed by atoms with Crippen molar-refractivity contribution in [2.24, 2.45) is 0 Å². The van der Waals surface area contributed by atoms with Gasteiger partial charge in [0.05, 0.1) is 6.61 Å². The molecule has 2 N–H and O–H groups in total. The van der Waals surface area contributed by atoms with Crippen LogP contribution in [-0.2, 0) is 0 Å². The van der Waals surface area contributed by atoms with E-state index in [2.05, 4.69) is 44.3 Å². The summed E-state index contributed by atoms with van der Waals surface area (Å²) >= 11 is 0. The highest BCUT2D eigenvalue weighted by atomic mass is 16.5. The van der Waals surface area contributed by atoms with Crippen molar-refractivity contribution in [3.05, 3.63) is 29.3 Å². The fourth-order valence-electron chi connectivity index (χ4n) is 1.79. The summed E-state index contributed by atoms with van der Waals surface area (Å²) in [6, 6.07) is 6.55. The van der Waals surface area contributed by atoms with Gasteiger partial charge in [0.1, 0.15) is 5.75 Å². The van der Waals surface area contributed by atoms with E-state index in [4.69, 9.17) is 9.84 Å². The largest absolute Gasteiger partial charge is 0.493 e. The molecule has 1 unspecified atom stereocenters. The lowest BCUT2D eigenvalue weighted by Crippen LogP contribution is -2.18.